The topological polar surface area (TPSA) is 37.4 Å². The Morgan fingerprint density at radius 2 is 2.53 bits per heavy atom. The van der Waals surface area contributed by atoms with Crippen molar-refractivity contribution in [3.05, 3.63) is 11.1 Å². The van der Waals surface area contributed by atoms with E-state index < -0.39 is 0 Å². The second-order valence-electron chi connectivity index (χ2n) is 4.43. The van der Waals surface area contributed by atoms with Gasteiger partial charge in [0.05, 0.1) is 18.4 Å². The minimum atomic E-state index is 0.314. The number of morpholine rings is 1. The van der Waals surface area contributed by atoms with Crippen molar-refractivity contribution < 1.29 is 4.74 Å². The van der Waals surface area contributed by atoms with E-state index in [2.05, 4.69) is 34.4 Å². The molecule has 1 N–H and O–H groups in total. The molecule has 0 spiro atoms. The average Bonchev–Trinajstić information content (AvgIpc) is 2.78. The molecular formula is C12H21N3OS. The van der Waals surface area contributed by atoms with Crippen LogP contribution in [0.4, 0.5) is 5.13 Å². The zero-order chi connectivity index (χ0) is 12.1. The highest BCUT2D eigenvalue weighted by atomic mass is 32.1. The van der Waals surface area contributed by atoms with E-state index in [9.17, 15) is 0 Å². The van der Waals surface area contributed by atoms with Gasteiger partial charge in [-0.15, -0.1) is 11.3 Å². The first-order valence-corrected chi connectivity index (χ1v) is 7.19. The SMILES string of the molecule is CCCNCc1csc(N2CCOC(C)C2)n1. The highest BCUT2D eigenvalue weighted by Crippen LogP contribution is 2.22. The molecule has 1 aliphatic rings. The Morgan fingerprint density at radius 1 is 1.65 bits per heavy atom. The predicted molar refractivity (Wildman–Crippen MR) is 71.7 cm³/mol. The van der Waals surface area contributed by atoms with Crippen molar-refractivity contribution in [1.29, 1.82) is 0 Å². The van der Waals surface area contributed by atoms with Crippen LogP contribution in [0.15, 0.2) is 5.38 Å². The monoisotopic (exact) mass is 255 g/mol. The number of nitrogens with zero attached hydrogens (tertiary/aromatic N) is 2. The third-order valence-corrected chi connectivity index (χ3v) is 3.73. The van der Waals surface area contributed by atoms with Crippen LogP contribution in [0.25, 0.3) is 0 Å². The number of ether oxygens (including phenoxy) is 1. The van der Waals surface area contributed by atoms with Crippen LogP contribution < -0.4 is 10.2 Å². The first-order chi connectivity index (χ1) is 8.29. The van der Waals surface area contributed by atoms with Gasteiger partial charge in [-0.1, -0.05) is 6.92 Å². The molecule has 1 fully saturated rings. The smallest absolute Gasteiger partial charge is 0.185 e. The number of thiazole rings is 1. The molecule has 1 aromatic heterocycles. The number of rotatable bonds is 5. The summed E-state index contributed by atoms with van der Waals surface area (Å²) >= 11 is 1.74. The fourth-order valence-electron chi connectivity index (χ4n) is 1.91. The summed E-state index contributed by atoms with van der Waals surface area (Å²) in [6.07, 6.45) is 1.48. The second kappa shape index (κ2) is 6.33. The summed E-state index contributed by atoms with van der Waals surface area (Å²) in [6, 6.07) is 0. The Balaban J connectivity index is 1.88. The van der Waals surface area contributed by atoms with Gasteiger partial charge in [0.2, 0.25) is 0 Å². The molecule has 2 rings (SSSR count). The highest BCUT2D eigenvalue weighted by molar-refractivity contribution is 7.13. The van der Waals surface area contributed by atoms with E-state index in [-0.39, 0.29) is 0 Å². The maximum Gasteiger partial charge on any atom is 0.185 e. The van der Waals surface area contributed by atoms with Gasteiger partial charge >= 0.3 is 0 Å². The molecule has 0 aliphatic carbocycles. The largest absolute Gasteiger partial charge is 0.375 e. The maximum atomic E-state index is 5.54. The van der Waals surface area contributed by atoms with Crippen LogP contribution in [0.2, 0.25) is 0 Å². The molecule has 1 saturated heterocycles. The number of anilines is 1. The lowest BCUT2D eigenvalue weighted by Crippen LogP contribution is -2.41. The van der Waals surface area contributed by atoms with Crippen LogP contribution in [0, 0.1) is 0 Å². The zero-order valence-electron chi connectivity index (χ0n) is 10.6. The summed E-state index contributed by atoms with van der Waals surface area (Å²) in [5.41, 5.74) is 1.15. The average molecular weight is 255 g/mol. The van der Waals surface area contributed by atoms with Gasteiger partial charge in [0, 0.05) is 25.0 Å². The fraction of sp³-hybridized carbons (Fsp3) is 0.750. The van der Waals surface area contributed by atoms with Gasteiger partial charge in [0.1, 0.15) is 0 Å². The summed E-state index contributed by atoms with van der Waals surface area (Å²) < 4.78 is 5.54. The van der Waals surface area contributed by atoms with Crippen molar-refractivity contribution in [2.75, 3.05) is 31.1 Å². The Kier molecular flexibility index (Phi) is 4.76. The van der Waals surface area contributed by atoms with E-state index >= 15 is 0 Å². The fourth-order valence-corrected chi connectivity index (χ4v) is 2.77. The molecule has 1 aliphatic heterocycles. The number of nitrogens with one attached hydrogen (secondary N) is 1. The number of hydrogen-bond acceptors (Lipinski definition) is 5. The van der Waals surface area contributed by atoms with Gasteiger partial charge in [-0.3, -0.25) is 0 Å². The highest BCUT2D eigenvalue weighted by Gasteiger charge is 2.19. The summed E-state index contributed by atoms with van der Waals surface area (Å²) in [5, 5.41) is 6.66. The minimum Gasteiger partial charge on any atom is -0.375 e. The Bertz CT molecular complexity index is 342. The molecule has 96 valence electrons. The standard InChI is InChI=1S/C12H21N3OS/c1-3-4-13-7-11-9-17-12(14-11)15-5-6-16-10(2)8-15/h9-10,13H,3-8H2,1-2H3. The van der Waals surface area contributed by atoms with Crippen LogP contribution in [0.5, 0.6) is 0 Å². The van der Waals surface area contributed by atoms with Crippen LogP contribution in [0.1, 0.15) is 26.0 Å². The van der Waals surface area contributed by atoms with Crippen molar-refractivity contribution >= 4 is 16.5 Å². The molecule has 4 nitrogen and oxygen atoms in total. The lowest BCUT2D eigenvalue weighted by molar-refractivity contribution is 0.0532. The number of aromatic nitrogens is 1. The lowest BCUT2D eigenvalue weighted by atomic mass is 10.3. The molecule has 0 amide bonds. The first-order valence-electron chi connectivity index (χ1n) is 6.31. The minimum absolute atomic E-state index is 0.314. The van der Waals surface area contributed by atoms with Gasteiger partial charge < -0.3 is 15.0 Å². The van der Waals surface area contributed by atoms with Crippen molar-refractivity contribution in [1.82, 2.24) is 10.3 Å². The van der Waals surface area contributed by atoms with Crippen molar-refractivity contribution in [3.8, 4) is 0 Å². The summed E-state index contributed by atoms with van der Waals surface area (Å²) in [6.45, 7) is 8.95. The molecule has 0 radical (unpaired) electrons. The molecule has 5 heteroatoms. The lowest BCUT2D eigenvalue weighted by Gasteiger charge is -2.30. The van der Waals surface area contributed by atoms with Gasteiger partial charge in [-0.2, -0.15) is 0 Å². The third kappa shape index (κ3) is 3.66. The van der Waals surface area contributed by atoms with Gasteiger partial charge in [-0.05, 0) is 19.9 Å². The molecular weight excluding hydrogens is 234 g/mol. The van der Waals surface area contributed by atoms with E-state index in [4.69, 9.17) is 4.74 Å². The first kappa shape index (κ1) is 12.8. The Labute approximate surface area is 107 Å². The van der Waals surface area contributed by atoms with Crippen molar-refractivity contribution in [2.24, 2.45) is 0 Å². The van der Waals surface area contributed by atoms with Crippen molar-refractivity contribution in [2.45, 2.75) is 32.9 Å². The van der Waals surface area contributed by atoms with Gasteiger partial charge in [0.15, 0.2) is 5.13 Å². The second-order valence-corrected chi connectivity index (χ2v) is 5.26. The molecule has 0 saturated carbocycles. The van der Waals surface area contributed by atoms with Gasteiger partial charge in [-0.25, -0.2) is 4.98 Å². The van der Waals surface area contributed by atoms with Crippen LogP contribution in [-0.4, -0.2) is 37.3 Å². The van der Waals surface area contributed by atoms with Crippen LogP contribution in [0.3, 0.4) is 0 Å². The van der Waals surface area contributed by atoms with E-state index in [0.29, 0.717) is 6.10 Å². The molecule has 17 heavy (non-hydrogen) atoms. The van der Waals surface area contributed by atoms with E-state index in [1.807, 2.05) is 0 Å². The summed E-state index contributed by atoms with van der Waals surface area (Å²) in [7, 11) is 0. The molecule has 0 bridgehead atoms. The van der Waals surface area contributed by atoms with Crippen LogP contribution in [-0.2, 0) is 11.3 Å². The quantitative estimate of drug-likeness (QED) is 0.815. The Morgan fingerprint density at radius 3 is 3.29 bits per heavy atom. The summed E-state index contributed by atoms with van der Waals surface area (Å²) in [4.78, 5) is 6.99. The van der Waals surface area contributed by atoms with Crippen molar-refractivity contribution in [3.63, 3.8) is 0 Å². The normalized spacial score (nSPS) is 20.8. The number of hydrogen-bond donors (Lipinski definition) is 1. The zero-order valence-corrected chi connectivity index (χ0v) is 11.4. The maximum absolute atomic E-state index is 5.54. The summed E-state index contributed by atoms with van der Waals surface area (Å²) in [5.74, 6) is 0. The molecule has 1 aromatic rings. The van der Waals surface area contributed by atoms with Crippen LogP contribution >= 0.6 is 11.3 Å². The van der Waals surface area contributed by atoms with E-state index in [1.54, 1.807) is 11.3 Å². The Hall–Kier alpha value is -0.650. The van der Waals surface area contributed by atoms with Gasteiger partial charge in [0.25, 0.3) is 0 Å². The molecule has 2 heterocycles. The molecule has 1 atom stereocenters. The van der Waals surface area contributed by atoms with E-state index in [0.717, 1.165) is 50.0 Å². The molecule has 1 unspecified atom stereocenters. The predicted octanol–water partition coefficient (Wildman–Crippen LogP) is 1.87. The molecule has 0 aromatic carbocycles. The van der Waals surface area contributed by atoms with E-state index in [1.165, 1.54) is 0 Å². The third-order valence-electron chi connectivity index (χ3n) is 2.78.